The number of hydrogen-bond acceptors (Lipinski definition) is 2. The van der Waals surface area contributed by atoms with Crippen molar-refractivity contribution in [3.8, 4) is 0 Å². The third kappa shape index (κ3) is 5.12. The van der Waals surface area contributed by atoms with Gasteiger partial charge in [-0.3, -0.25) is 9.78 Å². The molecule has 0 saturated heterocycles. The van der Waals surface area contributed by atoms with Crippen molar-refractivity contribution >= 4 is 47.0 Å². The van der Waals surface area contributed by atoms with Crippen LogP contribution in [0, 0.1) is 0 Å². The number of pyridine rings is 1. The molecule has 144 valence electrons. The Morgan fingerprint density at radius 1 is 1.19 bits per heavy atom. The van der Waals surface area contributed by atoms with Crippen LogP contribution in [0.25, 0.3) is 0 Å². The van der Waals surface area contributed by atoms with Crippen LogP contribution >= 0.6 is 34.8 Å². The lowest BCUT2D eigenvalue weighted by atomic mass is 9.93. The predicted octanol–water partition coefficient (Wildman–Crippen LogP) is 5.31. The number of aromatic nitrogens is 1. The lowest BCUT2D eigenvalue weighted by molar-refractivity contribution is -0.137. The molecule has 1 atom stereocenters. The number of carbonyl (C=O) groups is 1. The largest absolute Gasteiger partial charge is 0.417 e. The van der Waals surface area contributed by atoms with E-state index in [1.54, 1.807) is 20.2 Å². The molecule has 4 nitrogen and oxygen atoms in total. The average molecular weight is 439 g/mol. The maximum atomic E-state index is 12.9. The minimum absolute atomic E-state index is 0.124. The molecule has 0 unspecified atom stereocenters. The molecule has 2 rings (SSSR count). The molecule has 0 bridgehead atoms. The van der Waals surface area contributed by atoms with Gasteiger partial charge >= 0.3 is 6.18 Å². The molecular formula is C17H13Cl3F3N3O. The van der Waals surface area contributed by atoms with Gasteiger partial charge in [0.2, 0.25) is 0 Å². The van der Waals surface area contributed by atoms with Crippen molar-refractivity contribution in [1.29, 1.82) is 0 Å². The number of halogens is 6. The first-order chi connectivity index (χ1) is 12.5. The lowest BCUT2D eigenvalue weighted by Crippen LogP contribution is -2.18. The number of alkyl halides is 3. The van der Waals surface area contributed by atoms with Crippen LogP contribution in [0.3, 0.4) is 0 Å². The maximum Gasteiger partial charge on any atom is 0.417 e. The van der Waals surface area contributed by atoms with Crippen molar-refractivity contribution in [2.45, 2.75) is 12.1 Å². The zero-order valence-corrected chi connectivity index (χ0v) is 16.3. The average Bonchev–Trinajstić information content (AvgIpc) is 2.56. The number of nitrogens with zero attached hydrogens (tertiary/aromatic N) is 3. The Morgan fingerprint density at radius 3 is 2.26 bits per heavy atom. The lowest BCUT2D eigenvalue weighted by Gasteiger charge is -2.19. The van der Waals surface area contributed by atoms with Crippen LogP contribution in [0.2, 0.25) is 15.1 Å². The van der Waals surface area contributed by atoms with E-state index in [1.807, 2.05) is 0 Å². The molecule has 1 aromatic heterocycles. The minimum Gasteiger partial charge on any atom is -0.369 e. The molecule has 0 aliphatic carbocycles. The quantitative estimate of drug-likeness (QED) is 0.480. The molecule has 0 aliphatic rings. The summed E-state index contributed by atoms with van der Waals surface area (Å²) in [4.78, 5) is 21.8. The Balaban J connectivity index is 2.65. The van der Waals surface area contributed by atoms with E-state index in [1.165, 1.54) is 23.4 Å². The maximum absolute atomic E-state index is 12.9. The van der Waals surface area contributed by atoms with Crippen LogP contribution in [0.4, 0.5) is 13.2 Å². The number of hydrogen-bond donors (Lipinski definition) is 0. The van der Waals surface area contributed by atoms with Crippen LogP contribution in [-0.2, 0) is 11.0 Å². The van der Waals surface area contributed by atoms with E-state index in [4.69, 9.17) is 34.8 Å². The molecule has 1 amide bonds. The van der Waals surface area contributed by atoms with Gasteiger partial charge in [-0.15, -0.1) is 0 Å². The fraction of sp³-hybridized carbons (Fsp3) is 0.235. The minimum atomic E-state index is -4.63. The second-order valence-electron chi connectivity index (χ2n) is 5.70. The Kier molecular flexibility index (Phi) is 6.72. The van der Waals surface area contributed by atoms with E-state index in [0.717, 1.165) is 0 Å². The Hall–Kier alpha value is -1.83. The van der Waals surface area contributed by atoms with Gasteiger partial charge in [0.05, 0.1) is 22.6 Å². The van der Waals surface area contributed by atoms with Gasteiger partial charge in [-0.2, -0.15) is 13.2 Å². The zero-order valence-electron chi connectivity index (χ0n) is 14.1. The number of rotatable bonds is 4. The van der Waals surface area contributed by atoms with Gasteiger partial charge < -0.3 is 4.90 Å². The molecule has 0 radical (unpaired) electrons. The van der Waals surface area contributed by atoms with E-state index in [2.05, 4.69) is 9.98 Å². The molecule has 0 saturated carbocycles. The van der Waals surface area contributed by atoms with Crippen molar-refractivity contribution in [2.24, 2.45) is 4.99 Å². The molecule has 2 aromatic rings. The van der Waals surface area contributed by atoms with E-state index in [0.29, 0.717) is 12.3 Å². The summed E-state index contributed by atoms with van der Waals surface area (Å²) in [6.45, 7) is 0. The zero-order chi connectivity index (χ0) is 20.4. The van der Waals surface area contributed by atoms with Crippen molar-refractivity contribution in [3.05, 3.63) is 62.4 Å². The van der Waals surface area contributed by atoms with E-state index in [9.17, 15) is 18.0 Å². The van der Waals surface area contributed by atoms with Gasteiger partial charge in [0, 0.05) is 35.9 Å². The Morgan fingerprint density at radius 2 is 1.78 bits per heavy atom. The Bertz CT molecular complexity index is 865. The number of benzene rings is 1. The summed E-state index contributed by atoms with van der Waals surface area (Å²) >= 11 is 18.4. The summed E-state index contributed by atoms with van der Waals surface area (Å²) in [7, 11) is 3.30. The summed E-state index contributed by atoms with van der Waals surface area (Å²) in [6.07, 6.45) is -2.78. The van der Waals surface area contributed by atoms with E-state index >= 15 is 0 Å². The molecule has 1 heterocycles. The summed E-state index contributed by atoms with van der Waals surface area (Å²) in [5, 5.41) is -0.0726. The standard InChI is InChI=1S/C17H13Cl3F3N3O/c1-26(2)8-25-16(27)14(13-10(18)4-3-5-11(13)19)15-12(20)6-9(7-24-15)17(21,22)23/h3-8,14H,1-2H3/t14-/m0/s1. The monoisotopic (exact) mass is 437 g/mol. The molecule has 1 aromatic carbocycles. The van der Waals surface area contributed by atoms with Gasteiger partial charge in [-0.05, 0) is 18.2 Å². The fourth-order valence-electron chi connectivity index (χ4n) is 2.23. The first kappa shape index (κ1) is 21.5. The third-order valence-corrected chi connectivity index (χ3v) is 4.38. The van der Waals surface area contributed by atoms with Crippen LogP contribution in [0.1, 0.15) is 22.7 Å². The normalized spacial score (nSPS) is 13.0. The highest BCUT2D eigenvalue weighted by atomic mass is 35.5. The van der Waals surface area contributed by atoms with Crippen molar-refractivity contribution in [1.82, 2.24) is 9.88 Å². The first-order valence-corrected chi connectivity index (χ1v) is 8.56. The number of aliphatic imine (C=N–C) groups is 1. The molecule has 0 fully saturated rings. The van der Waals surface area contributed by atoms with Crippen LogP contribution in [0.15, 0.2) is 35.5 Å². The van der Waals surface area contributed by atoms with Gasteiger partial charge in [-0.25, -0.2) is 4.99 Å². The molecule has 0 aliphatic heterocycles. The smallest absolute Gasteiger partial charge is 0.369 e. The van der Waals surface area contributed by atoms with Gasteiger partial charge in [0.25, 0.3) is 5.91 Å². The number of carbonyl (C=O) groups excluding carboxylic acids is 1. The highest BCUT2D eigenvalue weighted by Crippen LogP contribution is 2.40. The Labute approximate surface area is 168 Å². The van der Waals surface area contributed by atoms with Crippen LogP contribution in [-0.4, -0.2) is 36.2 Å². The van der Waals surface area contributed by atoms with Gasteiger partial charge in [0.1, 0.15) is 5.92 Å². The molecule has 0 N–H and O–H groups in total. The fourth-order valence-corrected chi connectivity index (χ4v) is 3.12. The molecular weight excluding hydrogens is 426 g/mol. The van der Waals surface area contributed by atoms with E-state index in [-0.39, 0.29) is 26.3 Å². The number of amides is 1. The highest BCUT2D eigenvalue weighted by molar-refractivity contribution is 6.37. The topological polar surface area (TPSA) is 45.6 Å². The van der Waals surface area contributed by atoms with Crippen molar-refractivity contribution in [2.75, 3.05) is 14.1 Å². The summed E-state index contributed by atoms with van der Waals surface area (Å²) in [5.74, 6) is -2.00. The molecule has 0 spiro atoms. The SMILES string of the molecule is CN(C)C=NC(=O)[C@H](c1ncc(C(F)(F)F)cc1Cl)c1c(Cl)cccc1Cl. The molecule has 10 heteroatoms. The summed E-state index contributed by atoms with van der Waals surface area (Å²) < 4.78 is 38.6. The second kappa shape index (κ2) is 8.46. The first-order valence-electron chi connectivity index (χ1n) is 7.43. The van der Waals surface area contributed by atoms with Crippen LogP contribution < -0.4 is 0 Å². The summed E-state index contributed by atoms with van der Waals surface area (Å²) in [6, 6.07) is 5.26. The highest BCUT2D eigenvalue weighted by Gasteiger charge is 2.35. The summed E-state index contributed by atoms with van der Waals surface area (Å²) in [5.41, 5.74) is -0.999. The predicted molar refractivity (Wildman–Crippen MR) is 99.7 cm³/mol. The van der Waals surface area contributed by atoms with E-state index < -0.39 is 23.6 Å². The second-order valence-corrected chi connectivity index (χ2v) is 6.93. The van der Waals surface area contributed by atoms with Crippen molar-refractivity contribution in [3.63, 3.8) is 0 Å². The third-order valence-electron chi connectivity index (χ3n) is 3.42. The van der Waals surface area contributed by atoms with Crippen LogP contribution in [0.5, 0.6) is 0 Å². The molecule has 27 heavy (non-hydrogen) atoms. The van der Waals surface area contributed by atoms with Gasteiger partial charge in [-0.1, -0.05) is 40.9 Å². The van der Waals surface area contributed by atoms with Gasteiger partial charge in [0.15, 0.2) is 0 Å². The van der Waals surface area contributed by atoms with Crippen molar-refractivity contribution < 1.29 is 18.0 Å².